The summed E-state index contributed by atoms with van der Waals surface area (Å²) in [7, 11) is 0. The molecule has 5 heteroatoms. The largest absolute Gasteiger partial charge is 0.236 e. The van der Waals surface area contributed by atoms with Gasteiger partial charge < -0.3 is 0 Å². The maximum absolute atomic E-state index is 5.05. The van der Waals surface area contributed by atoms with E-state index in [1.807, 2.05) is 36.4 Å². The zero-order chi connectivity index (χ0) is 33.7. The summed E-state index contributed by atoms with van der Waals surface area (Å²) in [5.74, 6) is 1.95. The Labute approximate surface area is 298 Å². The minimum Gasteiger partial charge on any atom is -0.236 e. The van der Waals surface area contributed by atoms with E-state index in [4.69, 9.17) is 19.9 Å². The summed E-state index contributed by atoms with van der Waals surface area (Å²) >= 11 is 1.76. The van der Waals surface area contributed by atoms with Crippen molar-refractivity contribution in [1.29, 1.82) is 0 Å². The first-order valence-corrected chi connectivity index (χ1v) is 17.8. The Morgan fingerprint density at radius 1 is 0.314 bits per heavy atom. The number of fused-ring (bicyclic) bond motifs is 5. The molecule has 0 N–H and O–H groups in total. The molecule has 0 saturated carbocycles. The third-order valence-corrected chi connectivity index (χ3v) is 10.7. The molecule has 2 heterocycles. The maximum atomic E-state index is 5.05. The van der Waals surface area contributed by atoms with Crippen molar-refractivity contribution in [3.8, 4) is 55.9 Å². The summed E-state index contributed by atoms with van der Waals surface area (Å²) in [4.78, 5) is 20.0. The van der Waals surface area contributed by atoms with Crippen LogP contribution in [-0.2, 0) is 0 Å². The number of aromatic nitrogens is 4. The third kappa shape index (κ3) is 5.41. The molecule has 0 atom stereocenters. The molecule has 4 nitrogen and oxygen atoms in total. The van der Waals surface area contributed by atoms with Gasteiger partial charge in [0.15, 0.2) is 17.5 Å². The van der Waals surface area contributed by atoms with Crippen LogP contribution < -0.4 is 0 Å². The fraction of sp³-hybridized carbons (Fsp3) is 0. The van der Waals surface area contributed by atoms with Crippen molar-refractivity contribution in [2.24, 2.45) is 0 Å². The number of hydrogen-bond donors (Lipinski definition) is 0. The van der Waals surface area contributed by atoms with Crippen LogP contribution in [-0.4, -0.2) is 19.9 Å². The van der Waals surface area contributed by atoms with E-state index in [-0.39, 0.29) is 0 Å². The second kappa shape index (κ2) is 12.1. The van der Waals surface area contributed by atoms with Crippen LogP contribution in [0.25, 0.3) is 98.4 Å². The average molecular weight is 669 g/mol. The molecular weight excluding hydrogens is 641 g/mol. The molecule has 0 aliphatic heterocycles. The topological polar surface area (TPSA) is 51.6 Å². The smallest absolute Gasteiger partial charge is 0.164 e. The summed E-state index contributed by atoms with van der Waals surface area (Å²) in [5.41, 5.74) is 7.35. The molecule has 0 saturated heterocycles. The molecule has 0 radical (unpaired) electrons. The predicted molar refractivity (Wildman–Crippen MR) is 213 cm³/mol. The lowest BCUT2D eigenvalue weighted by Gasteiger charge is -2.10. The van der Waals surface area contributed by atoms with Crippen LogP contribution in [0.2, 0.25) is 0 Å². The van der Waals surface area contributed by atoms with E-state index in [9.17, 15) is 0 Å². The first-order chi connectivity index (χ1) is 25.2. The van der Waals surface area contributed by atoms with E-state index in [1.165, 1.54) is 26.4 Å². The van der Waals surface area contributed by atoms with Crippen molar-refractivity contribution in [2.75, 3.05) is 0 Å². The number of benzene rings is 8. The zero-order valence-corrected chi connectivity index (χ0v) is 28.2. The van der Waals surface area contributed by atoms with Gasteiger partial charge in [-0.15, -0.1) is 11.3 Å². The van der Waals surface area contributed by atoms with Gasteiger partial charge in [0.2, 0.25) is 0 Å². The molecule has 0 spiro atoms. The number of thiazole rings is 1. The minimum atomic E-state index is 0.645. The van der Waals surface area contributed by atoms with Gasteiger partial charge in [-0.1, -0.05) is 140 Å². The normalized spacial score (nSPS) is 11.5. The van der Waals surface area contributed by atoms with Gasteiger partial charge >= 0.3 is 0 Å². The summed E-state index contributed by atoms with van der Waals surface area (Å²) in [6.07, 6.45) is 0. The van der Waals surface area contributed by atoms with E-state index < -0.39 is 0 Å². The van der Waals surface area contributed by atoms with Crippen LogP contribution in [0, 0.1) is 0 Å². The molecule has 0 fully saturated rings. The first-order valence-electron chi connectivity index (χ1n) is 17.0. The zero-order valence-electron chi connectivity index (χ0n) is 27.4. The first kappa shape index (κ1) is 29.4. The van der Waals surface area contributed by atoms with Crippen LogP contribution >= 0.6 is 11.3 Å². The molecule has 8 aromatic carbocycles. The fourth-order valence-electron chi connectivity index (χ4n) is 6.83. The van der Waals surface area contributed by atoms with Gasteiger partial charge in [0.25, 0.3) is 0 Å². The maximum Gasteiger partial charge on any atom is 0.164 e. The molecule has 2 aromatic heterocycles. The van der Waals surface area contributed by atoms with Crippen LogP contribution in [0.5, 0.6) is 0 Å². The number of hydrogen-bond acceptors (Lipinski definition) is 5. The van der Waals surface area contributed by atoms with Crippen molar-refractivity contribution < 1.29 is 0 Å². The lowest BCUT2D eigenvalue weighted by molar-refractivity contribution is 1.08. The van der Waals surface area contributed by atoms with E-state index in [0.717, 1.165) is 54.5 Å². The summed E-state index contributed by atoms with van der Waals surface area (Å²) < 4.78 is 1.21. The molecule has 0 bridgehead atoms. The Morgan fingerprint density at radius 2 is 0.804 bits per heavy atom. The van der Waals surface area contributed by atoms with E-state index in [1.54, 1.807) is 11.3 Å². The molecule has 51 heavy (non-hydrogen) atoms. The van der Waals surface area contributed by atoms with Gasteiger partial charge in [-0.05, 0) is 68.4 Å². The number of rotatable bonds is 5. The molecule has 0 aliphatic rings. The Bertz CT molecular complexity index is 2920. The quantitative estimate of drug-likeness (QED) is 0.183. The highest BCUT2D eigenvalue weighted by Crippen LogP contribution is 2.37. The molecule has 0 unspecified atom stereocenters. The highest BCUT2D eigenvalue weighted by Gasteiger charge is 2.14. The average Bonchev–Trinajstić information content (AvgIpc) is 3.66. The van der Waals surface area contributed by atoms with Crippen molar-refractivity contribution in [2.45, 2.75) is 0 Å². The van der Waals surface area contributed by atoms with E-state index >= 15 is 0 Å². The predicted octanol–water partition coefficient (Wildman–Crippen LogP) is 12.3. The van der Waals surface area contributed by atoms with Gasteiger partial charge in [0.05, 0.1) is 10.2 Å². The van der Waals surface area contributed by atoms with Crippen LogP contribution in [0.15, 0.2) is 170 Å². The summed E-state index contributed by atoms with van der Waals surface area (Å²) in [6.45, 7) is 0. The second-order valence-electron chi connectivity index (χ2n) is 12.7. The van der Waals surface area contributed by atoms with Crippen molar-refractivity contribution >= 4 is 53.9 Å². The lowest BCUT2D eigenvalue weighted by atomic mass is 9.97. The molecule has 238 valence electrons. The van der Waals surface area contributed by atoms with Gasteiger partial charge in [-0.25, -0.2) is 19.9 Å². The highest BCUT2D eigenvalue weighted by molar-refractivity contribution is 7.22. The van der Waals surface area contributed by atoms with Crippen molar-refractivity contribution in [3.05, 3.63) is 170 Å². The molecule has 0 amide bonds. The van der Waals surface area contributed by atoms with Crippen molar-refractivity contribution in [3.63, 3.8) is 0 Å². The lowest BCUT2D eigenvalue weighted by Crippen LogP contribution is -2.00. The van der Waals surface area contributed by atoms with Crippen LogP contribution in [0.3, 0.4) is 0 Å². The highest BCUT2D eigenvalue weighted by atomic mass is 32.1. The van der Waals surface area contributed by atoms with Gasteiger partial charge in [-0.3, -0.25) is 0 Å². The Balaban J connectivity index is 1.08. The Hall–Kier alpha value is -6.56. The number of nitrogens with zero attached hydrogens (tertiary/aromatic N) is 4. The monoisotopic (exact) mass is 668 g/mol. The van der Waals surface area contributed by atoms with Crippen LogP contribution in [0.4, 0.5) is 0 Å². The van der Waals surface area contributed by atoms with Crippen LogP contribution in [0.1, 0.15) is 0 Å². The standard InChI is InChI=1S/C46H28N4S/c1-3-10-32(11-4-1)43-48-44(37-21-16-29-9-7-8-14-34(29)25-37)50-45(49-43)38-22-17-30-15-19-35(26-39(30)27-38)36-20-18-31-23-24-41-42(40(31)28-36)51-46(47-41)33-12-5-2-6-13-33/h1-28H. The third-order valence-electron chi connectivity index (χ3n) is 9.50. The second-order valence-corrected chi connectivity index (χ2v) is 13.7. The van der Waals surface area contributed by atoms with E-state index in [0.29, 0.717) is 17.5 Å². The molecular formula is C46H28N4S. The van der Waals surface area contributed by atoms with E-state index in [2.05, 4.69) is 133 Å². The molecule has 10 aromatic rings. The summed E-state index contributed by atoms with van der Waals surface area (Å²) in [5, 5.41) is 8.09. The molecule has 0 aliphatic carbocycles. The van der Waals surface area contributed by atoms with Gasteiger partial charge in [-0.2, -0.15) is 0 Å². The van der Waals surface area contributed by atoms with Crippen molar-refractivity contribution in [1.82, 2.24) is 19.9 Å². The Kier molecular flexibility index (Phi) is 6.96. The molecule has 10 rings (SSSR count). The minimum absolute atomic E-state index is 0.645. The summed E-state index contributed by atoms with van der Waals surface area (Å²) in [6, 6.07) is 59.5. The Morgan fingerprint density at radius 3 is 1.51 bits per heavy atom. The fourth-order valence-corrected chi connectivity index (χ4v) is 7.93. The van der Waals surface area contributed by atoms with Gasteiger partial charge in [0, 0.05) is 27.6 Å². The SMILES string of the molecule is c1ccc(-c2nc(-c3ccc4ccccc4c3)nc(-c3ccc4ccc(-c5ccc6ccc7nc(-c8ccccc8)sc7c6c5)cc4c3)n2)cc1. The van der Waals surface area contributed by atoms with Gasteiger partial charge in [0.1, 0.15) is 5.01 Å².